The molecule has 0 spiro atoms. The maximum Gasteiger partial charge on any atom is 0.326 e. The van der Waals surface area contributed by atoms with Crippen molar-refractivity contribution < 1.29 is 28.7 Å². The van der Waals surface area contributed by atoms with Gasteiger partial charge in [0, 0.05) is 6.04 Å². The molecular weight excluding hydrogens is 380 g/mol. The minimum atomic E-state index is -1.01. The molecule has 2 aliphatic rings. The molecule has 0 radical (unpaired) electrons. The lowest BCUT2D eigenvalue weighted by atomic mass is 9.86. The van der Waals surface area contributed by atoms with Crippen LogP contribution in [0.25, 0.3) is 0 Å². The highest BCUT2D eigenvalue weighted by molar-refractivity contribution is 6.08. The van der Waals surface area contributed by atoms with Gasteiger partial charge in [-0.05, 0) is 31.6 Å². The highest BCUT2D eigenvalue weighted by atomic mass is 16.5. The van der Waals surface area contributed by atoms with Crippen molar-refractivity contribution in [3.63, 3.8) is 0 Å². The van der Waals surface area contributed by atoms with Crippen molar-refractivity contribution in [1.29, 1.82) is 0 Å². The molecule has 2 fully saturated rings. The van der Waals surface area contributed by atoms with Gasteiger partial charge in [0.05, 0.1) is 0 Å². The van der Waals surface area contributed by atoms with Gasteiger partial charge in [0.2, 0.25) is 0 Å². The first kappa shape index (κ1) is 22.6. The predicted molar refractivity (Wildman–Crippen MR) is 103 cm³/mol. The van der Waals surface area contributed by atoms with Crippen molar-refractivity contribution in [1.82, 2.24) is 20.9 Å². The van der Waals surface area contributed by atoms with E-state index < -0.39 is 48.5 Å². The molecular formula is C19H30N4O6. The number of ether oxygens (including phenoxy) is 1. The number of rotatable bonds is 7. The highest BCUT2D eigenvalue weighted by Gasteiger charge is 2.49. The van der Waals surface area contributed by atoms with Crippen LogP contribution in [0.1, 0.15) is 59.3 Å². The molecule has 162 valence electrons. The van der Waals surface area contributed by atoms with E-state index in [-0.39, 0.29) is 6.04 Å². The summed E-state index contributed by atoms with van der Waals surface area (Å²) in [5.41, 5.74) is -1.01. The molecule has 10 nitrogen and oxygen atoms in total. The maximum absolute atomic E-state index is 12.4. The van der Waals surface area contributed by atoms with E-state index in [0.29, 0.717) is 18.8 Å². The van der Waals surface area contributed by atoms with E-state index in [1.165, 1.54) is 0 Å². The number of hydrogen-bond acceptors (Lipinski definition) is 6. The van der Waals surface area contributed by atoms with Gasteiger partial charge in [0.15, 0.2) is 6.61 Å². The Labute approximate surface area is 170 Å². The van der Waals surface area contributed by atoms with E-state index in [4.69, 9.17) is 4.74 Å². The predicted octanol–water partition coefficient (Wildman–Crippen LogP) is 1.04. The van der Waals surface area contributed by atoms with Crippen molar-refractivity contribution in [2.75, 3.05) is 13.2 Å². The molecule has 29 heavy (non-hydrogen) atoms. The third kappa shape index (κ3) is 5.45. The zero-order chi connectivity index (χ0) is 21.6. The summed E-state index contributed by atoms with van der Waals surface area (Å²) < 4.78 is 4.80. The lowest BCUT2D eigenvalue weighted by molar-refractivity contribution is -0.151. The number of carbonyl (C=O) groups excluding carboxylic acids is 5. The fourth-order valence-corrected chi connectivity index (χ4v) is 3.77. The van der Waals surface area contributed by atoms with Gasteiger partial charge < -0.3 is 15.4 Å². The quantitative estimate of drug-likeness (QED) is 0.424. The standard InChI is InChI=1S/C19H30N4O6/c1-4-19(5-2)16(26)23(18(28)22-19)10-15(25)29-11-14(24)21-17(27)20-13-9-7-6-8-12(13)3/h12-13H,4-11H2,1-3H3,(H,22,28)(H2,20,21,24,27)/t12-,13+/m1/s1. The number of carbonyl (C=O) groups is 5. The Bertz CT molecular complexity index is 676. The molecule has 10 heteroatoms. The third-order valence-corrected chi connectivity index (χ3v) is 5.79. The van der Waals surface area contributed by atoms with Crippen molar-refractivity contribution >= 4 is 29.8 Å². The number of hydrogen-bond donors (Lipinski definition) is 3. The normalized spacial score (nSPS) is 23.3. The molecule has 0 bridgehead atoms. The van der Waals surface area contributed by atoms with E-state index in [2.05, 4.69) is 22.9 Å². The van der Waals surface area contributed by atoms with Crippen LogP contribution in [0.3, 0.4) is 0 Å². The van der Waals surface area contributed by atoms with Gasteiger partial charge in [-0.3, -0.25) is 24.6 Å². The number of esters is 1. The fraction of sp³-hybridized carbons (Fsp3) is 0.737. The van der Waals surface area contributed by atoms with Crippen molar-refractivity contribution in [2.45, 2.75) is 70.9 Å². The second-order valence-corrected chi connectivity index (χ2v) is 7.66. The Balaban J connectivity index is 1.76. The highest BCUT2D eigenvalue weighted by Crippen LogP contribution is 2.25. The van der Waals surface area contributed by atoms with Crippen LogP contribution in [0.4, 0.5) is 9.59 Å². The summed E-state index contributed by atoms with van der Waals surface area (Å²) >= 11 is 0. The molecule has 3 N–H and O–H groups in total. The number of nitrogens with one attached hydrogen (secondary N) is 3. The summed E-state index contributed by atoms with van der Waals surface area (Å²) in [5, 5.41) is 7.48. The van der Waals surface area contributed by atoms with Crippen LogP contribution in [-0.2, 0) is 19.1 Å². The van der Waals surface area contributed by atoms with E-state index in [1.807, 2.05) is 0 Å². The fourth-order valence-electron chi connectivity index (χ4n) is 3.77. The van der Waals surface area contributed by atoms with Crippen LogP contribution in [0.2, 0.25) is 0 Å². The zero-order valence-electron chi connectivity index (χ0n) is 17.2. The van der Waals surface area contributed by atoms with Gasteiger partial charge >= 0.3 is 18.0 Å². The second kappa shape index (κ2) is 9.71. The summed E-state index contributed by atoms with van der Waals surface area (Å²) in [4.78, 5) is 60.9. The monoisotopic (exact) mass is 410 g/mol. The van der Waals surface area contributed by atoms with E-state index in [0.717, 1.165) is 30.6 Å². The van der Waals surface area contributed by atoms with Gasteiger partial charge in [-0.25, -0.2) is 9.59 Å². The van der Waals surface area contributed by atoms with Crippen LogP contribution in [-0.4, -0.2) is 59.5 Å². The van der Waals surface area contributed by atoms with Gasteiger partial charge in [-0.2, -0.15) is 0 Å². The molecule has 1 aliphatic carbocycles. The summed E-state index contributed by atoms with van der Waals surface area (Å²) in [6.07, 6.45) is 4.84. The first-order valence-electron chi connectivity index (χ1n) is 10.1. The Morgan fingerprint density at radius 1 is 1.17 bits per heavy atom. The molecule has 1 saturated carbocycles. The minimum absolute atomic E-state index is 0.0104. The second-order valence-electron chi connectivity index (χ2n) is 7.66. The van der Waals surface area contributed by atoms with Crippen molar-refractivity contribution in [3.8, 4) is 0 Å². The molecule has 0 aromatic carbocycles. The zero-order valence-corrected chi connectivity index (χ0v) is 17.2. The molecule has 2 rings (SSSR count). The van der Waals surface area contributed by atoms with Crippen LogP contribution in [0.15, 0.2) is 0 Å². The van der Waals surface area contributed by atoms with E-state index in [9.17, 15) is 24.0 Å². The summed E-state index contributed by atoms with van der Waals surface area (Å²) in [7, 11) is 0. The summed E-state index contributed by atoms with van der Waals surface area (Å²) in [6, 6.07) is -1.29. The Morgan fingerprint density at radius 2 is 1.83 bits per heavy atom. The molecule has 1 aliphatic heterocycles. The van der Waals surface area contributed by atoms with Gasteiger partial charge in [0.1, 0.15) is 12.1 Å². The Kier molecular flexibility index (Phi) is 7.58. The average Bonchev–Trinajstić information content (AvgIpc) is 2.92. The number of nitrogens with zero attached hydrogens (tertiary/aromatic N) is 1. The molecule has 6 amide bonds. The molecule has 2 atom stereocenters. The van der Waals surface area contributed by atoms with Crippen LogP contribution >= 0.6 is 0 Å². The number of amides is 6. The van der Waals surface area contributed by atoms with Gasteiger partial charge in [-0.1, -0.05) is 33.6 Å². The first-order chi connectivity index (χ1) is 13.7. The van der Waals surface area contributed by atoms with Gasteiger partial charge in [0.25, 0.3) is 11.8 Å². The number of urea groups is 2. The molecule has 0 aromatic rings. The minimum Gasteiger partial charge on any atom is -0.454 e. The van der Waals surface area contributed by atoms with Crippen molar-refractivity contribution in [3.05, 3.63) is 0 Å². The Morgan fingerprint density at radius 3 is 2.41 bits per heavy atom. The lowest BCUT2D eigenvalue weighted by Crippen LogP contribution is -2.48. The SMILES string of the molecule is CCC1(CC)NC(=O)N(CC(=O)OCC(=O)NC(=O)N[C@H]2CCCC[C@H]2C)C1=O. The molecule has 1 saturated heterocycles. The third-order valence-electron chi connectivity index (χ3n) is 5.79. The van der Waals surface area contributed by atoms with Crippen molar-refractivity contribution in [2.24, 2.45) is 5.92 Å². The summed E-state index contributed by atoms with van der Waals surface area (Å²) in [5.74, 6) is -1.85. The Hall–Kier alpha value is -2.65. The van der Waals surface area contributed by atoms with Crippen LogP contribution in [0, 0.1) is 5.92 Å². The van der Waals surface area contributed by atoms with Crippen LogP contribution < -0.4 is 16.0 Å². The first-order valence-corrected chi connectivity index (χ1v) is 10.1. The maximum atomic E-state index is 12.4. The molecule has 0 aromatic heterocycles. The van der Waals surface area contributed by atoms with Gasteiger partial charge in [-0.15, -0.1) is 0 Å². The van der Waals surface area contributed by atoms with E-state index in [1.54, 1.807) is 13.8 Å². The largest absolute Gasteiger partial charge is 0.454 e. The molecule has 0 unspecified atom stereocenters. The van der Waals surface area contributed by atoms with Crippen LogP contribution in [0.5, 0.6) is 0 Å². The topological polar surface area (TPSA) is 134 Å². The summed E-state index contributed by atoms with van der Waals surface area (Å²) in [6.45, 7) is 4.32. The van der Waals surface area contributed by atoms with E-state index >= 15 is 0 Å². The average molecular weight is 410 g/mol. The lowest BCUT2D eigenvalue weighted by Gasteiger charge is -2.29. The smallest absolute Gasteiger partial charge is 0.326 e. The molecule has 1 heterocycles. The number of imide groups is 2.